The minimum atomic E-state index is -1.29. The highest BCUT2D eigenvalue weighted by molar-refractivity contribution is 6.03. The number of aromatic amines is 1. The Morgan fingerprint density at radius 3 is 2.45 bits per heavy atom. The molecule has 0 aliphatic heterocycles. The van der Waals surface area contributed by atoms with Gasteiger partial charge in [-0.1, -0.05) is 0 Å². The molecule has 4 N–H and O–H groups in total. The zero-order chi connectivity index (χ0) is 15.5. The molecule has 8 heteroatoms. The molecular formula is C12H18N4O4. The molecule has 0 aromatic carbocycles. The van der Waals surface area contributed by atoms with E-state index < -0.39 is 23.5 Å². The molecule has 0 saturated carbocycles. The summed E-state index contributed by atoms with van der Waals surface area (Å²) in [6.07, 6.45) is 1.11. The van der Waals surface area contributed by atoms with Gasteiger partial charge in [0.2, 0.25) is 5.91 Å². The number of nitrogens with zero attached hydrogens (tertiary/aromatic N) is 1. The van der Waals surface area contributed by atoms with Crippen LogP contribution in [0.3, 0.4) is 0 Å². The van der Waals surface area contributed by atoms with Crippen molar-refractivity contribution < 1.29 is 19.5 Å². The average molecular weight is 282 g/mol. The van der Waals surface area contributed by atoms with Gasteiger partial charge in [0, 0.05) is 5.54 Å². The van der Waals surface area contributed by atoms with Crippen molar-refractivity contribution in [3.63, 3.8) is 0 Å². The molecule has 1 aromatic heterocycles. The number of imidazole rings is 1. The minimum absolute atomic E-state index is 0.257. The first kappa shape index (κ1) is 15.7. The maximum absolute atomic E-state index is 11.9. The molecule has 0 radical (unpaired) electrons. The van der Waals surface area contributed by atoms with Crippen molar-refractivity contribution >= 4 is 17.8 Å². The van der Waals surface area contributed by atoms with Crippen molar-refractivity contribution in [2.24, 2.45) is 0 Å². The number of carbonyl (C=O) groups is 3. The molecule has 0 spiro atoms. The van der Waals surface area contributed by atoms with Gasteiger partial charge in [0.15, 0.2) is 11.4 Å². The zero-order valence-electron chi connectivity index (χ0n) is 11.8. The van der Waals surface area contributed by atoms with Crippen molar-refractivity contribution in [1.29, 1.82) is 0 Å². The SMILES string of the molecule is CC(NC(=O)c1nc[nH]c1C(=O)O)C(=O)NC(C)(C)C. The summed E-state index contributed by atoms with van der Waals surface area (Å²) in [6, 6.07) is -0.805. The lowest BCUT2D eigenvalue weighted by Gasteiger charge is -2.23. The summed E-state index contributed by atoms with van der Waals surface area (Å²) in [7, 11) is 0. The fourth-order valence-electron chi connectivity index (χ4n) is 1.44. The topological polar surface area (TPSA) is 124 Å². The van der Waals surface area contributed by atoms with Gasteiger partial charge in [0.25, 0.3) is 5.91 Å². The van der Waals surface area contributed by atoms with Crippen molar-refractivity contribution in [2.75, 3.05) is 0 Å². The summed E-state index contributed by atoms with van der Waals surface area (Å²) in [5, 5.41) is 14.0. The van der Waals surface area contributed by atoms with Gasteiger partial charge in [-0.3, -0.25) is 9.59 Å². The highest BCUT2D eigenvalue weighted by Gasteiger charge is 2.24. The number of amides is 2. The van der Waals surface area contributed by atoms with E-state index in [0.29, 0.717) is 0 Å². The van der Waals surface area contributed by atoms with Crippen LogP contribution in [0.1, 0.15) is 48.7 Å². The lowest BCUT2D eigenvalue weighted by molar-refractivity contribution is -0.124. The van der Waals surface area contributed by atoms with Crippen molar-refractivity contribution in [2.45, 2.75) is 39.3 Å². The third-order valence-electron chi connectivity index (χ3n) is 2.31. The molecule has 1 heterocycles. The van der Waals surface area contributed by atoms with Crippen LogP contribution in [-0.2, 0) is 4.79 Å². The van der Waals surface area contributed by atoms with E-state index in [2.05, 4.69) is 20.6 Å². The third kappa shape index (κ3) is 4.08. The van der Waals surface area contributed by atoms with E-state index in [4.69, 9.17) is 5.11 Å². The maximum atomic E-state index is 11.9. The second kappa shape index (κ2) is 5.72. The Morgan fingerprint density at radius 2 is 1.95 bits per heavy atom. The number of hydrogen-bond acceptors (Lipinski definition) is 4. The molecule has 0 aliphatic rings. The molecule has 20 heavy (non-hydrogen) atoms. The maximum Gasteiger partial charge on any atom is 0.354 e. The zero-order valence-corrected chi connectivity index (χ0v) is 11.8. The van der Waals surface area contributed by atoms with Crippen LogP contribution in [0.2, 0.25) is 0 Å². The van der Waals surface area contributed by atoms with Gasteiger partial charge in [0.1, 0.15) is 6.04 Å². The van der Waals surface area contributed by atoms with Crippen LogP contribution in [0.5, 0.6) is 0 Å². The monoisotopic (exact) mass is 282 g/mol. The van der Waals surface area contributed by atoms with Gasteiger partial charge in [-0.05, 0) is 27.7 Å². The van der Waals surface area contributed by atoms with Crippen LogP contribution in [0.15, 0.2) is 6.33 Å². The molecule has 8 nitrogen and oxygen atoms in total. The van der Waals surface area contributed by atoms with E-state index in [1.54, 1.807) is 0 Å². The highest BCUT2D eigenvalue weighted by Crippen LogP contribution is 2.04. The Hall–Kier alpha value is -2.38. The standard InChI is InChI=1S/C12H18N4O4/c1-6(9(17)16-12(2,3)4)15-10(18)7-8(11(19)20)14-5-13-7/h5-6H,1-4H3,(H,13,14)(H,15,18)(H,16,17)(H,19,20). The lowest BCUT2D eigenvalue weighted by Crippen LogP contribution is -2.51. The minimum Gasteiger partial charge on any atom is -0.477 e. The lowest BCUT2D eigenvalue weighted by atomic mass is 10.1. The summed E-state index contributed by atoms with van der Waals surface area (Å²) in [4.78, 5) is 40.5. The molecule has 2 amide bonds. The first-order chi connectivity index (χ1) is 9.11. The number of aromatic carboxylic acids is 1. The van der Waals surface area contributed by atoms with Crippen molar-refractivity contribution in [3.8, 4) is 0 Å². The van der Waals surface area contributed by atoms with Gasteiger partial charge in [-0.25, -0.2) is 9.78 Å². The van der Waals surface area contributed by atoms with Crippen molar-refractivity contribution in [1.82, 2.24) is 20.6 Å². The summed E-state index contributed by atoms with van der Waals surface area (Å²) < 4.78 is 0. The Labute approximate surface area is 116 Å². The third-order valence-corrected chi connectivity index (χ3v) is 2.31. The molecule has 0 fully saturated rings. The number of aromatic nitrogens is 2. The first-order valence-corrected chi connectivity index (χ1v) is 6.01. The first-order valence-electron chi connectivity index (χ1n) is 6.01. The van der Waals surface area contributed by atoms with Crippen LogP contribution in [-0.4, -0.2) is 44.4 Å². The molecule has 0 bridgehead atoms. The Balaban J connectivity index is 2.73. The highest BCUT2D eigenvalue weighted by atomic mass is 16.4. The quantitative estimate of drug-likeness (QED) is 0.625. The van der Waals surface area contributed by atoms with E-state index in [-0.39, 0.29) is 17.3 Å². The second-order valence-corrected chi connectivity index (χ2v) is 5.37. The number of carboxylic acid groups (broad SMARTS) is 1. The van der Waals surface area contributed by atoms with E-state index in [1.165, 1.54) is 6.92 Å². The van der Waals surface area contributed by atoms with E-state index >= 15 is 0 Å². The Bertz CT molecular complexity index is 530. The fourth-order valence-corrected chi connectivity index (χ4v) is 1.44. The largest absolute Gasteiger partial charge is 0.477 e. The van der Waals surface area contributed by atoms with E-state index in [1.807, 2.05) is 20.8 Å². The molecule has 1 unspecified atom stereocenters. The van der Waals surface area contributed by atoms with Crippen LogP contribution in [0.4, 0.5) is 0 Å². The Kier molecular flexibility index (Phi) is 4.49. The number of carboxylic acids is 1. The van der Waals surface area contributed by atoms with Gasteiger partial charge >= 0.3 is 5.97 Å². The predicted octanol–water partition coefficient (Wildman–Crippen LogP) is 0.141. The van der Waals surface area contributed by atoms with Crippen molar-refractivity contribution in [3.05, 3.63) is 17.7 Å². The van der Waals surface area contributed by atoms with Gasteiger partial charge in [0.05, 0.1) is 6.33 Å². The van der Waals surface area contributed by atoms with Gasteiger partial charge in [-0.15, -0.1) is 0 Å². The van der Waals surface area contributed by atoms with E-state index in [0.717, 1.165) is 6.33 Å². The molecular weight excluding hydrogens is 264 g/mol. The number of nitrogens with one attached hydrogen (secondary N) is 3. The number of carbonyl (C=O) groups excluding carboxylic acids is 2. The van der Waals surface area contributed by atoms with Crippen LogP contribution >= 0.6 is 0 Å². The number of H-pyrrole nitrogens is 1. The van der Waals surface area contributed by atoms with Crippen LogP contribution in [0, 0.1) is 0 Å². The van der Waals surface area contributed by atoms with E-state index in [9.17, 15) is 14.4 Å². The molecule has 0 aliphatic carbocycles. The average Bonchev–Trinajstić information content (AvgIpc) is 2.75. The van der Waals surface area contributed by atoms with Gasteiger partial charge < -0.3 is 20.7 Å². The summed E-state index contributed by atoms with van der Waals surface area (Å²) in [6.45, 7) is 6.95. The summed E-state index contributed by atoms with van der Waals surface area (Å²) in [5.41, 5.74) is -0.993. The predicted molar refractivity (Wildman–Crippen MR) is 70.4 cm³/mol. The Morgan fingerprint density at radius 1 is 1.35 bits per heavy atom. The molecule has 1 rings (SSSR count). The van der Waals surface area contributed by atoms with Crippen LogP contribution < -0.4 is 10.6 Å². The molecule has 110 valence electrons. The fraction of sp³-hybridized carbons (Fsp3) is 0.500. The van der Waals surface area contributed by atoms with Gasteiger partial charge in [-0.2, -0.15) is 0 Å². The summed E-state index contributed by atoms with van der Waals surface area (Å²) in [5.74, 6) is -2.38. The molecule has 1 atom stereocenters. The smallest absolute Gasteiger partial charge is 0.354 e. The summed E-state index contributed by atoms with van der Waals surface area (Å²) >= 11 is 0. The molecule has 1 aromatic rings. The second-order valence-electron chi connectivity index (χ2n) is 5.37. The molecule has 0 saturated heterocycles. The number of rotatable bonds is 4. The van der Waals surface area contributed by atoms with Crippen LogP contribution in [0.25, 0.3) is 0 Å². The number of hydrogen-bond donors (Lipinski definition) is 4. The normalized spacial score (nSPS) is 12.6.